The van der Waals surface area contributed by atoms with Crippen molar-refractivity contribution in [1.29, 1.82) is 0 Å². The summed E-state index contributed by atoms with van der Waals surface area (Å²) in [4.78, 5) is 19.2. The van der Waals surface area contributed by atoms with Gasteiger partial charge in [0.2, 0.25) is 0 Å². The number of allylic oxidation sites excluding steroid dienone is 1. The average molecular weight is 328 g/mol. The van der Waals surface area contributed by atoms with Crippen molar-refractivity contribution in [2.45, 2.75) is 38.9 Å². The Bertz CT molecular complexity index is 726. The number of benzene rings is 1. The highest BCUT2D eigenvalue weighted by atomic mass is 32.2. The van der Waals surface area contributed by atoms with E-state index in [-0.39, 0.29) is 11.5 Å². The molecule has 3 aliphatic rings. The molecule has 0 saturated carbocycles. The Morgan fingerprint density at radius 3 is 2.70 bits per heavy atom. The van der Waals surface area contributed by atoms with E-state index in [0.717, 1.165) is 41.6 Å². The number of carbonyl (C=O) groups is 1. The van der Waals surface area contributed by atoms with Gasteiger partial charge in [0.1, 0.15) is 0 Å². The molecule has 0 bridgehead atoms. The zero-order valence-corrected chi connectivity index (χ0v) is 14.3. The monoisotopic (exact) mass is 328 g/mol. The lowest BCUT2D eigenvalue weighted by molar-refractivity contribution is -0.113. The molecule has 5 heteroatoms. The Labute approximate surface area is 140 Å². The molecule has 0 unspecified atom stereocenters. The first-order valence-electron chi connectivity index (χ1n) is 8.05. The second-order valence-corrected chi connectivity index (χ2v) is 7.54. The van der Waals surface area contributed by atoms with Gasteiger partial charge in [-0.25, -0.2) is 0 Å². The predicted octanol–water partition coefficient (Wildman–Crippen LogP) is 3.43. The summed E-state index contributed by atoms with van der Waals surface area (Å²) in [5.41, 5.74) is 3.57. The van der Waals surface area contributed by atoms with E-state index in [9.17, 15) is 4.79 Å². The topological polar surface area (TPSA) is 41.9 Å². The first-order chi connectivity index (χ1) is 11.1. The molecule has 0 aromatic heterocycles. The fourth-order valence-electron chi connectivity index (χ4n) is 3.60. The maximum absolute atomic E-state index is 12.0. The number of piperidine rings is 1. The number of likely N-dealkylation sites (tertiary alicyclic amines) is 1. The Balaban J connectivity index is 1.50. The quantitative estimate of drug-likeness (QED) is 0.684. The molecule has 1 saturated heterocycles. The number of amidine groups is 1. The van der Waals surface area contributed by atoms with E-state index in [0.29, 0.717) is 6.61 Å². The van der Waals surface area contributed by atoms with Crippen LogP contribution in [0.25, 0.3) is 0 Å². The van der Waals surface area contributed by atoms with Crippen LogP contribution in [0.4, 0.5) is 0 Å². The highest BCUT2D eigenvalue weighted by molar-refractivity contribution is 8.18. The molecule has 0 radical (unpaired) electrons. The van der Waals surface area contributed by atoms with Crippen molar-refractivity contribution >= 4 is 22.8 Å². The Hall–Kier alpha value is -1.59. The largest absolute Gasteiger partial charge is 0.365 e. The lowest BCUT2D eigenvalue weighted by atomic mass is 9.84. The Kier molecular flexibility index (Phi) is 3.58. The lowest BCUT2D eigenvalue weighted by Gasteiger charge is -2.39. The molecular formula is C18H20N2O2S. The summed E-state index contributed by atoms with van der Waals surface area (Å²) in [5, 5.41) is 0.854. The van der Waals surface area contributed by atoms with Crippen molar-refractivity contribution in [1.82, 2.24) is 4.90 Å². The highest BCUT2D eigenvalue weighted by Crippen LogP contribution is 2.45. The zero-order valence-electron chi connectivity index (χ0n) is 13.5. The van der Waals surface area contributed by atoms with Gasteiger partial charge in [-0.05, 0) is 49.6 Å². The van der Waals surface area contributed by atoms with Gasteiger partial charge < -0.3 is 9.64 Å². The fraction of sp³-hybridized carbons (Fsp3) is 0.444. The number of amides is 1. The van der Waals surface area contributed by atoms with Crippen LogP contribution in [0, 0.1) is 0 Å². The maximum atomic E-state index is 12.0. The molecule has 3 heterocycles. The van der Waals surface area contributed by atoms with Gasteiger partial charge in [0.15, 0.2) is 5.17 Å². The van der Waals surface area contributed by atoms with E-state index in [1.165, 1.54) is 22.9 Å². The molecule has 120 valence electrons. The molecule has 1 fully saturated rings. The number of thioether (sulfide) groups is 1. The minimum atomic E-state index is -0.139. The molecule has 4 nitrogen and oxygen atoms in total. The normalized spacial score (nSPS) is 22.5. The van der Waals surface area contributed by atoms with Gasteiger partial charge in [0.05, 0.1) is 17.1 Å². The average Bonchev–Trinajstić information content (AvgIpc) is 3.11. The summed E-state index contributed by atoms with van der Waals surface area (Å²) in [6, 6.07) is 8.53. The third-order valence-electron chi connectivity index (χ3n) is 4.89. The van der Waals surface area contributed by atoms with E-state index in [4.69, 9.17) is 4.74 Å². The molecular weight excluding hydrogens is 308 g/mol. The SMILES string of the molecule is CC(C)=C1SC(N2CCC3(CC2)OCc2ccccc23)=NC1=O. The molecule has 1 amide bonds. The summed E-state index contributed by atoms with van der Waals surface area (Å²) in [7, 11) is 0. The number of aliphatic imine (C=N–C) groups is 1. The molecule has 1 aromatic carbocycles. The van der Waals surface area contributed by atoms with E-state index in [1.807, 2.05) is 13.8 Å². The van der Waals surface area contributed by atoms with Crippen LogP contribution in [0.3, 0.4) is 0 Å². The van der Waals surface area contributed by atoms with E-state index in [1.54, 1.807) is 0 Å². The number of fused-ring (bicyclic) bond motifs is 2. The van der Waals surface area contributed by atoms with Gasteiger partial charge in [0.25, 0.3) is 5.91 Å². The van der Waals surface area contributed by atoms with Crippen LogP contribution >= 0.6 is 11.8 Å². The first-order valence-corrected chi connectivity index (χ1v) is 8.86. The molecule has 0 atom stereocenters. The number of nitrogens with zero attached hydrogens (tertiary/aromatic N) is 2. The summed E-state index contributed by atoms with van der Waals surface area (Å²) in [5.74, 6) is -0.0900. The van der Waals surface area contributed by atoms with E-state index in [2.05, 4.69) is 34.2 Å². The fourth-order valence-corrected chi connectivity index (χ4v) is 4.56. The molecule has 3 aliphatic heterocycles. The Morgan fingerprint density at radius 1 is 1.26 bits per heavy atom. The van der Waals surface area contributed by atoms with Crippen LogP contribution in [0.15, 0.2) is 39.7 Å². The van der Waals surface area contributed by atoms with Crippen LogP contribution < -0.4 is 0 Å². The molecule has 23 heavy (non-hydrogen) atoms. The van der Waals surface area contributed by atoms with Gasteiger partial charge in [-0.1, -0.05) is 29.8 Å². The number of rotatable bonds is 0. The number of carbonyl (C=O) groups excluding carboxylic acids is 1. The van der Waals surface area contributed by atoms with Crippen LogP contribution in [0.2, 0.25) is 0 Å². The smallest absolute Gasteiger partial charge is 0.286 e. The minimum Gasteiger partial charge on any atom is -0.365 e. The van der Waals surface area contributed by atoms with Crippen molar-refractivity contribution < 1.29 is 9.53 Å². The maximum Gasteiger partial charge on any atom is 0.286 e. The second kappa shape index (κ2) is 5.49. The lowest BCUT2D eigenvalue weighted by Crippen LogP contribution is -2.44. The van der Waals surface area contributed by atoms with Crippen LogP contribution in [0.5, 0.6) is 0 Å². The van der Waals surface area contributed by atoms with Crippen molar-refractivity contribution in [2.75, 3.05) is 13.1 Å². The summed E-state index contributed by atoms with van der Waals surface area (Å²) >= 11 is 1.52. The van der Waals surface area contributed by atoms with Crippen molar-refractivity contribution in [3.63, 3.8) is 0 Å². The van der Waals surface area contributed by atoms with Gasteiger partial charge >= 0.3 is 0 Å². The van der Waals surface area contributed by atoms with Gasteiger partial charge in [-0.3, -0.25) is 4.79 Å². The number of ether oxygens (including phenoxy) is 1. The standard InChI is InChI=1S/C18H20N2O2S/c1-12(2)15-16(21)19-17(23-15)20-9-7-18(8-10-20)14-6-4-3-5-13(14)11-22-18/h3-6H,7-11H2,1-2H3. The van der Waals surface area contributed by atoms with Gasteiger partial charge in [-0.15, -0.1) is 0 Å². The summed E-state index contributed by atoms with van der Waals surface area (Å²) in [6.45, 7) is 6.40. The van der Waals surface area contributed by atoms with Crippen LogP contribution in [-0.2, 0) is 21.7 Å². The third-order valence-corrected chi connectivity index (χ3v) is 6.21. The predicted molar refractivity (Wildman–Crippen MR) is 92.1 cm³/mol. The van der Waals surface area contributed by atoms with E-state index >= 15 is 0 Å². The number of hydrogen-bond donors (Lipinski definition) is 0. The second-order valence-electron chi connectivity index (χ2n) is 6.56. The number of hydrogen-bond acceptors (Lipinski definition) is 4. The van der Waals surface area contributed by atoms with Crippen LogP contribution in [-0.4, -0.2) is 29.1 Å². The van der Waals surface area contributed by atoms with Crippen molar-refractivity contribution in [2.24, 2.45) is 4.99 Å². The first kappa shape index (κ1) is 15.0. The van der Waals surface area contributed by atoms with Gasteiger partial charge in [0, 0.05) is 13.1 Å². The summed E-state index contributed by atoms with van der Waals surface area (Å²) < 4.78 is 6.19. The van der Waals surface area contributed by atoms with Gasteiger partial charge in [-0.2, -0.15) is 4.99 Å². The summed E-state index contributed by atoms with van der Waals surface area (Å²) in [6.07, 6.45) is 1.89. The van der Waals surface area contributed by atoms with Crippen LogP contribution in [0.1, 0.15) is 37.8 Å². The van der Waals surface area contributed by atoms with E-state index < -0.39 is 0 Å². The minimum absolute atomic E-state index is 0.0900. The molecule has 0 N–H and O–H groups in total. The molecule has 0 aliphatic carbocycles. The Morgan fingerprint density at radius 2 is 2.00 bits per heavy atom. The zero-order chi connectivity index (χ0) is 16.0. The molecule has 1 spiro atoms. The van der Waals surface area contributed by atoms with Crippen molar-refractivity contribution in [3.05, 3.63) is 45.9 Å². The molecule has 1 aromatic rings. The van der Waals surface area contributed by atoms with Crippen molar-refractivity contribution in [3.8, 4) is 0 Å². The highest BCUT2D eigenvalue weighted by Gasteiger charge is 2.43. The molecule has 4 rings (SSSR count). The third kappa shape index (κ3) is 2.42.